The molecular formula is C22H25N3O3S. The molecule has 1 atom stereocenters. The third kappa shape index (κ3) is 4.05. The summed E-state index contributed by atoms with van der Waals surface area (Å²) in [5, 5.41) is 3.57. The van der Waals surface area contributed by atoms with Crippen molar-refractivity contribution in [3.8, 4) is 0 Å². The Hall–Kier alpha value is -2.67. The fourth-order valence-corrected chi connectivity index (χ4v) is 5.07. The van der Waals surface area contributed by atoms with E-state index in [0.717, 1.165) is 36.3 Å². The number of amides is 4. The van der Waals surface area contributed by atoms with Gasteiger partial charge in [0.05, 0.1) is 4.88 Å². The van der Waals surface area contributed by atoms with E-state index in [9.17, 15) is 14.4 Å². The Morgan fingerprint density at radius 3 is 2.72 bits per heavy atom. The molecule has 0 radical (unpaired) electrons. The molecule has 7 heteroatoms. The van der Waals surface area contributed by atoms with Crippen LogP contribution in [-0.2, 0) is 24.1 Å². The Balaban J connectivity index is 1.43. The molecule has 0 spiro atoms. The lowest BCUT2D eigenvalue weighted by atomic mass is 9.93. The van der Waals surface area contributed by atoms with Gasteiger partial charge in [0.25, 0.3) is 11.8 Å². The first-order valence-electron chi connectivity index (χ1n) is 10.1. The van der Waals surface area contributed by atoms with Crippen LogP contribution in [-0.4, -0.2) is 28.4 Å². The van der Waals surface area contributed by atoms with E-state index < -0.39 is 23.4 Å². The molecule has 1 aromatic heterocycles. The van der Waals surface area contributed by atoms with E-state index in [-0.39, 0.29) is 0 Å². The Morgan fingerprint density at radius 1 is 1.17 bits per heavy atom. The molecule has 4 rings (SSSR count). The van der Waals surface area contributed by atoms with Crippen LogP contribution in [0.5, 0.6) is 0 Å². The standard InChI is InChI=1S/C22H25N3O3S/c1-22(13-12-15-8-4-2-5-9-15)20(27)25(21(28)23-22)24-19(26)18-14-16-10-6-3-7-11-17(16)29-18/h2,4-5,8-9,14H,3,6-7,10-13H2,1H3,(H,23,28)(H,24,26)/t22-/m1/s1. The minimum Gasteiger partial charge on any atom is -0.322 e. The van der Waals surface area contributed by atoms with Crippen LogP contribution >= 0.6 is 11.3 Å². The molecule has 2 heterocycles. The van der Waals surface area contributed by atoms with Crippen molar-refractivity contribution in [2.75, 3.05) is 0 Å². The number of imide groups is 1. The molecule has 0 saturated carbocycles. The first-order chi connectivity index (χ1) is 14.0. The summed E-state index contributed by atoms with van der Waals surface area (Å²) in [6.45, 7) is 1.70. The van der Waals surface area contributed by atoms with Crippen molar-refractivity contribution in [1.29, 1.82) is 0 Å². The number of urea groups is 1. The second kappa shape index (κ2) is 7.99. The van der Waals surface area contributed by atoms with Crippen molar-refractivity contribution >= 4 is 29.2 Å². The lowest BCUT2D eigenvalue weighted by Crippen LogP contribution is -2.48. The summed E-state index contributed by atoms with van der Waals surface area (Å²) in [6.07, 6.45) is 6.59. The van der Waals surface area contributed by atoms with Gasteiger partial charge in [-0.05, 0) is 62.6 Å². The van der Waals surface area contributed by atoms with Crippen LogP contribution in [0.1, 0.15) is 58.3 Å². The summed E-state index contributed by atoms with van der Waals surface area (Å²) in [5.41, 5.74) is 3.80. The molecule has 1 aliphatic carbocycles. The molecule has 1 aromatic carbocycles. The molecule has 6 nitrogen and oxygen atoms in total. The summed E-state index contributed by atoms with van der Waals surface area (Å²) >= 11 is 1.47. The van der Waals surface area contributed by atoms with Crippen molar-refractivity contribution < 1.29 is 14.4 Å². The quantitative estimate of drug-likeness (QED) is 0.583. The van der Waals surface area contributed by atoms with Crippen molar-refractivity contribution in [3.63, 3.8) is 0 Å². The van der Waals surface area contributed by atoms with E-state index in [0.29, 0.717) is 17.7 Å². The van der Waals surface area contributed by atoms with E-state index in [1.165, 1.54) is 28.2 Å². The van der Waals surface area contributed by atoms with Gasteiger partial charge in [-0.1, -0.05) is 36.8 Å². The fourth-order valence-electron chi connectivity index (χ4n) is 3.93. The van der Waals surface area contributed by atoms with Gasteiger partial charge < -0.3 is 5.32 Å². The van der Waals surface area contributed by atoms with Crippen LogP contribution in [0.2, 0.25) is 0 Å². The maximum atomic E-state index is 12.9. The predicted octanol–water partition coefficient (Wildman–Crippen LogP) is 3.61. The topological polar surface area (TPSA) is 78.5 Å². The molecule has 2 aromatic rings. The van der Waals surface area contributed by atoms with Crippen molar-refractivity contribution in [1.82, 2.24) is 15.8 Å². The van der Waals surface area contributed by atoms with Crippen molar-refractivity contribution in [2.45, 2.75) is 57.4 Å². The summed E-state index contributed by atoms with van der Waals surface area (Å²) in [5.74, 6) is -0.830. The number of aryl methyl sites for hydroxylation is 3. The van der Waals surface area contributed by atoms with Crippen LogP contribution in [0.4, 0.5) is 4.79 Å². The Labute approximate surface area is 174 Å². The largest absolute Gasteiger partial charge is 0.344 e. The summed E-state index contributed by atoms with van der Waals surface area (Å²) < 4.78 is 0. The monoisotopic (exact) mass is 411 g/mol. The van der Waals surface area contributed by atoms with Crippen LogP contribution in [0.15, 0.2) is 36.4 Å². The normalized spacial score (nSPS) is 21.5. The smallest absolute Gasteiger partial charge is 0.322 e. The molecule has 29 heavy (non-hydrogen) atoms. The molecule has 2 N–H and O–H groups in total. The Morgan fingerprint density at radius 2 is 1.93 bits per heavy atom. The van der Waals surface area contributed by atoms with E-state index in [1.54, 1.807) is 6.92 Å². The highest BCUT2D eigenvalue weighted by atomic mass is 32.1. The summed E-state index contributed by atoms with van der Waals surface area (Å²) in [4.78, 5) is 39.8. The highest BCUT2D eigenvalue weighted by Crippen LogP contribution is 2.29. The zero-order valence-electron chi connectivity index (χ0n) is 16.5. The minimum absolute atomic E-state index is 0.404. The van der Waals surface area contributed by atoms with Gasteiger partial charge in [-0.25, -0.2) is 4.79 Å². The number of nitrogens with zero attached hydrogens (tertiary/aromatic N) is 1. The number of carbonyl (C=O) groups is 3. The van der Waals surface area contributed by atoms with Gasteiger partial charge >= 0.3 is 6.03 Å². The first kappa shape index (κ1) is 19.6. The number of fused-ring (bicyclic) bond motifs is 1. The highest BCUT2D eigenvalue weighted by molar-refractivity contribution is 7.14. The zero-order valence-corrected chi connectivity index (χ0v) is 17.3. The second-order valence-electron chi connectivity index (χ2n) is 7.95. The Bertz CT molecular complexity index is 917. The van der Waals surface area contributed by atoms with Gasteiger partial charge in [-0.2, -0.15) is 5.01 Å². The third-order valence-corrected chi connectivity index (χ3v) is 6.94. The lowest BCUT2D eigenvalue weighted by Gasteiger charge is -2.21. The molecule has 152 valence electrons. The fraction of sp³-hybridized carbons (Fsp3) is 0.409. The number of nitrogens with one attached hydrogen (secondary N) is 2. The van der Waals surface area contributed by atoms with Gasteiger partial charge in [-0.15, -0.1) is 11.3 Å². The van der Waals surface area contributed by atoms with Gasteiger partial charge in [0.15, 0.2) is 0 Å². The van der Waals surface area contributed by atoms with E-state index in [1.807, 2.05) is 36.4 Å². The summed E-state index contributed by atoms with van der Waals surface area (Å²) in [6, 6.07) is 11.1. The maximum absolute atomic E-state index is 12.9. The SMILES string of the molecule is C[C@]1(CCc2ccccc2)NC(=O)N(NC(=O)c2cc3c(s2)CCCCC3)C1=O. The lowest BCUT2D eigenvalue weighted by molar-refractivity contribution is -0.132. The summed E-state index contributed by atoms with van der Waals surface area (Å²) in [7, 11) is 0. The number of carbonyl (C=O) groups excluding carboxylic acids is 3. The number of thiophene rings is 1. The van der Waals surface area contributed by atoms with E-state index >= 15 is 0 Å². The van der Waals surface area contributed by atoms with Gasteiger partial charge in [0.1, 0.15) is 5.54 Å². The molecule has 1 aliphatic heterocycles. The van der Waals surface area contributed by atoms with Crippen LogP contribution in [0.25, 0.3) is 0 Å². The number of hydrazine groups is 1. The first-order valence-corrected chi connectivity index (χ1v) is 10.9. The van der Waals surface area contributed by atoms with Crippen LogP contribution in [0, 0.1) is 0 Å². The Kier molecular flexibility index (Phi) is 5.41. The number of benzene rings is 1. The molecule has 2 aliphatic rings. The molecular weight excluding hydrogens is 386 g/mol. The molecule has 4 amide bonds. The predicted molar refractivity (Wildman–Crippen MR) is 112 cm³/mol. The molecule has 0 unspecified atom stereocenters. The molecule has 1 fully saturated rings. The molecule has 1 saturated heterocycles. The average Bonchev–Trinajstić information content (AvgIpc) is 3.12. The minimum atomic E-state index is -1.03. The van der Waals surface area contributed by atoms with Crippen molar-refractivity contribution in [2.24, 2.45) is 0 Å². The van der Waals surface area contributed by atoms with E-state index in [4.69, 9.17) is 0 Å². The second-order valence-corrected chi connectivity index (χ2v) is 9.09. The third-order valence-electron chi connectivity index (χ3n) is 5.70. The molecule has 0 bridgehead atoms. The van der Waals surface area contributed by atoms with Crippen LogP contribution < -0.4 is 10.7 Å². The number of hydrogen-bond donors (Lipinski definition) is 2. The van der Waals surface area contributed by atoms with Gasteiger partial charge in [0.2, 0.25) is 0 Å². The number of hydrogen-bond acceptors (Lipinski definition) is 4. The maximum Gasteiger partial charge on any atom is 0.344 e. The van der Waals surface area contributed by atoms with Gasteiger partial charge in [0, 0.05) is 4.88 Å². The van der Waals surface area contributed by atoms with E-state index in [2.05, 4.69) is 10.7 Å². The average molecular weight is 412 g/mol. The number of rotatable bonds is 5. The highest BCUT2D eigenvalue weighted by Gasteiger charge is 2.48. The van der Waals surface area contributed by atoms with Crippen molar-refractivity contribution in [3.05, 3.63) is 57.3 Å². The zero-order chi connectivity index (χ0) is 20.4. The van der Waals surface area contributed by atoms with Crippen LogP contribution in [0.3, 0.4) is 0 Å². The van der Waals surface area contributed by atoms with Gasteiger partial charge in [-0.3, -0.25) is 15.0 Å².